The van der Waals surface area contributed by atoms with E-state index in [4.69, 9.17) is 13.9 Å². The highest BCUT2D eigenvalue weighted by Crippen LogP contribution is 2.28. The van der Waals surface area contributed by atoms with Crippen molar-refractivity contribution in [1.29, 1.82) is 5.26 Å². The lowest BCUT2D eigenvalue weighted by Crippen LogP contribution is -2.22. The third kappa shape index (κ3) is 6.26. The number of nitrogens with one attached hydrogen (secondary N) is 1. The van der Waals surface area contributed by atoms with E-state index in [9.17, 15) is 24.4 Å². The molecule has 0 atom stereocenters. The molecule has 2 aromatic rings. The number of hydrogen-bond donors (Lipinski definition) is 1. The summed E-state index contributed by atoms with van der Waals surface area (Å²) in [5.74, 6) is -3.24. The highest BCUT2D eigenvalue weighted by molar-refractivity contribution is 6.11. The molecule has 0 aromatic carbocycles. The first-order chi connectivity index (χ1) is 16.5. The van der Waals surface area contributed by atoms with Crippen LogP contribution in [0.1, 0.15) is 70.6 Å². The number of amides is 1. The first-order valence-corrected chi connectivity index (χ1v) is 11.1. The molecular formula is C25H29N3O7. The molecule has 0 unspecified atom stereocenters. The van der Waals surface area contributed by atoms with Gasteiger partial charge >= 0.3 is 11.9 Å². The number of rotatable bonds is 10. The molecule has 0 bridgehead atoms. The van der Waals surface area contributed by atoms with Crippen molar-refractivity contribution < 1.29 is 33.1 Å². The van der Waals surface area contributed by atoms with Crippen molar-refractivity contribution in [2.24, 2.45) is 0 Å². The second-order valence-electron chi connectivity index (χ2n) is 7.79. The zero-order valence-corrected chi connectivity index (χ0v) is 20.7. The summed E-state index contributed by atoms with van der Waals surface area (Å²) < 4.78 is 17.4. The number of carbonyl (C=O) groups is 4. The average molecular weight is 484 g/mol. The topological polar surface area (TPSA) is 141 Å². The van der Waals surface area contributed by atoms with Gasteiger partial charge in [0.2, 0.25) is 5.88 Å². The number of nitriles is 1. The Hall–Kier alpha value is -4.13. The number of hydrogen-bond acceptors (Lipinski definition) is 8. The fraction of sp³-hybridized carbons (Fsp3) is 0.400. The second kappa shape index (κ2) is 11.8. The zero-order chi connectivity index (χ0) is 26.3. The Kier molecular flexibility index (Phi) is 9.17. The second-order valence-corrected chi connectivity index (χ2v) is 7.79. The maximum absolute atomic E-state index is 12.4. The SMILES string of the molecule is CCCn1c(C)cc(/C=C(\C#N)C(=O)OCC(=O)Nc2oc(C)c(C(C)=O)c2C(=O)OCC)c1C. The minimum absolute atomic E-state index is 0.00822. The number of nitrogens with zero attached hydrogens (tertiary/aromatic N) is 2. The molecule has 10 nitrogen and oxygen atoms in total. The molecule has 186 valence electrons. The van der Waals surface area contributed by atoms with Gasteiger partial charge in [0.25, 0.3) is 5.91 Å². The molecule has 2 rings (SSSR count). The molecule has 0 spiro atoms. The molecule has 2 aromatic heterocycles. The molecule has 0 fully saturated rings. The van der Waals surface area contributed by atoms with Crippen LogP contribution in [-0.4, -0.2) is 41.4 Å². The van der Waals surface area contributed by atoms with Crippen molar-refractivity contribution in [3.05, 3.63) is 45.5 Å². The highest BCUT2D eigenvalue weighted by atomic mass is 16.5. The van der Waals surface area contributed by atoms with Gasteiger partial charge in [-0.25, -0.2) is 9.59 Å². The summed E-state index contributed by atoms with van der Waals surface area (Å²) >= 11 is 0. The van der Waals surface area contributed by atoms with E-state index in [1.54, 1.807) is 13.0 Å². The van der Waals surface area contributed by atoms with Gasteiger partial charge < -0.3 is 18.5 Å². The summed E-state index contributed by atoms with van der Waals surface area (Å²) in [6.45, 7) is 10.3. The van der Waals surface area contributed by atoms with Gasteiger partial charge in [-0.05, 0) is 58.7 Å². The quantitative estimate of drug-likeness (QED) is 0.232. The molecule has 10 heteroatoms. The summed E-state index contributed by atoms with van der Waals surface area (Å²) in [5, 5.41) is 11.8. The number of furan rings is 1. The normalized spacial score (nSPS) is 11.1. The van der Waals surface area contributed by atoms with Crippen molar-refractivity contribution >= 4 is 35.6 Å². The van der Waals surface area contributed by atoms with Crippen LogP contribution in [0.15, 0.2) is 16.1 Å². The fourth-order valence-corrected chi connectivity index (χ4v) is 3.66. The molecule has 1 amide bonds. The van der Waals surface area contributed by atoms with Crippen LogP contribution in [-0.2, 0) is 25.6 Å². The molecule has 0 aliphatic carbocycles. The number of esters is 2. The van der Waals surface area contributed by atoms with Crippen LogP contribution < -0.4 is 5.32 Å². The van der Waals surface area contributed by atoms with Crippen LogP contribution in [0.3, 0.4) is 0 Å². The number of carbonyl (C=O) groups excluding carboxylic acids is 4. The summed E-state index contributed by atoms with van der Waals surface area (Å²) in [4.78, 5) is 49.1. The van der Waals surface area contributed by atoms with Crippen LogP contribution in [0.25, 0.3) is 6.08 Å². The Labute approximate surface area is 203 Å². The van der Waals surface area contributed by atoms with E-state index in [0.717, 1.165) is 24.4 Å². The Balaban J connectivity index is 2.16. The predicted molar refractivity (Wildman–Crippen MR) is 127 cm³/mol. The van der Waals surface area contributed by atoms with Gasteiger partial charge in [-0.3, -0.25) is 14.9 Å². The van der Waals surface area contributed by atoms with Crippen LogP contribution >= 0.6 is 0 Å². The number of ether oxygens (including phenoxy) is 2. The molecule has 0 aliphatic heterocycles. The molecule has 1 N–H and O–H groups in total. The van der Waals surface area contributed by atoms with Crippen molar-refractivity contribution in [3.63, 3.8) is 0 Å². The average Bonchev–Trinajstić information content (AvgIpc) is 3.26. The third-order valence-corrected chi connectivity index (χ3v) is 5.20. The molecule has 0 aliphatic rings. The maximum atomic E-state index is 12.4. The molecule has 35 heavy (non-hydrogen) atoms. The largest absolute Gasteiger partial charge is 0.462 e. The number of aromatic nitrogens is 1. The van der Waals surface area contributed by atoms with E-state index in [1.807, 2.05) is 19.9 Å². The number of aryl methyl sites for hydroxylation is 2. The predicted octanol–water partition coefficient (Wildman–Crippen LogP) is 3.88. The van der Waals surface area contributed by atoms with Crippen LogP contribution in [0.4, 0.5) is 5.88 Å². The van der Waals surface area contributed by atoms with Crippen molar-refractivity contribution in [1.82, 2.24) is 4.57 Å². The molecule has 0 radical (unpaired) electrons. The lowest BCUT2D eigenvalue weighted by molar-refractivity contribution is -0.142. The minimum Gasteiger partial charge on any atom is -0.462 e. The van der Waals surface area contributed by atoms with E-state index in [1.165, 1.54) is 19.9 Å². The van der Waals surface area contributed by atoms with E-state index >= 15 is 0 Å². The van der Waals surface area contributed by atoms with E-state index in [0.29, 0.717) is 5.56 Å². The van der Waals surface area contributed by atoms with Gasteiger partial charge in [0.15, 0.2) is 12.4 Å². The minimum atomic E-state index is -0.978. The number of anilines is 1. The Morgan fingerprint density at radius 3 is 2.40 bits per heavy atom. The summed E-state index contributed by atoms with van der Waals surface area (Å²) in [5.41, 5.74) is 2.12. The Bertz CT molecular complexity index is 1220. The third-order valence-electron chi connectivity index (χ3n) is 5.20. The summed E-state index contributed by atoms with van der Waals surface area (Å²) in [7, 11) is 0. The monoisotopic (exact) mass is 483 g/mol. The van der Waals surface area contributed by atoms with Gasteiger partial charge in [-0.1, -0.05) is 6.92 Å². The van der Waals surface area contributed by atoms with Gasteiger partial charge in [0, 0.05) is 17.9 Å². The van der Waals surface area contributed by atoms with Gasteiger partial charge in [-0.15, -0.1) is 0 Å². The summed E-state index contributed by atoms with van der Waals surface area (Å²) in [6.07, 6.45) is 2.35. The molecule has 0 saturated carbocycles. The van der Waals surface area contributed by atoms with Crippen molar-refractivity contribution in [2.45, 2.75) is 54.5 Å². The van der Waals surface area contributed by atoms with Crippen LogP contribution in [0, 0.1) is 32.1 Å². The Morgan fingerprint density at radius 1 is 1.14 bits per heavy atom. The van der Waals surface area contributed by atoms with E-state index < -0.39 is 30.2 Å². The van der Waals surface area contributed by atoms with E-state index in [2.05, 4.69) is 16.8 Å². The van der Waals surface area contributed by atoms with Crippen molar-refractivity contribution in [2.75, 3.05) is 18.5 Å². The first kappa shape index (κ1) is 27.1. The van der Waals surface area contributed by atoms with E-state index in [-0.39, 0.29) is 35.0 Å². The van der Waals surface area contributed by atoms with Crippen LogP contribution in [0.2, 0.25) is 0 Å². The van der Waals surface area contributed by atoms with Gasteiger partial charge in [0.1, 0.15) is 23.0 Å². The molecule has 0 saturated heterocycles. The maximum Gasteiger partial charge on any atom is 0.349 e. The summed E-state index contributed by atoms with van der Waals surface area (Å²) in [6, 6.07) is 3.67. The lowest BCUT2D eigenvalue weighted by Gasteiger charge is -2.07. The van der Waals surface area contributed by atoms with Crippen LogP contribution in [0.5, 0.6) is 0 Å². The van der Waals surface area contributed by atoms with Gasteiger partial charge in [0.05, 0.1) is 12.2 Å². The number of Topliss-reactive ketones (excluding diaryl/α,β-unsaturated/α-hetero) is 1. The standard InChI is InChI=1S/C25H29N3O7/c1-7-9-28-14(3)10-18(15(28)4)11-19(12-26)24(31)34-13-20(30)27-23-22(25(32)33-8-2)21(16(5)29)17(6)35-23/h10-11H,7-9,13H2,1-6H3,(H,27,30)/b19-11+. The van der Waals surface area contributed by atoms with Gasteiger partial charge in [-0.2, -0.15) is 5.26 Å². The highest BCUT2D eigenvalue weighted by Gasteiger charge is 2.29. The molecule has 2 heterocycles. The Morgan fingerprint density at radius 2 is 1.83 bits per heavy atom. The molecular weight excluding hydrogens is 454 g/mol. The lowest BCUT2D eigenvalue weighted by atomic mass is 10.1. The zero-order valence-electron chi connectivity index (χ0n) is 20.7. The van der Waals surface area contributed by atoms with Crippen molar-refractivity contribution in [3.8, 4) is 6.07 Å². The number of ketones is 1. The fourth-order valence-electron chi connectivity index (χ4n) is 3.66. The smallest absolute Gasteiger partial charge is 0.349 e. The first-order valence-electron chi connectivity index (χ1n) is 11.1.